The summed E-state index contributed by atoms with van der Waals surface area (Å²) in [6.07, 6.45) is 1.12. The Hall–Kier alpha value is -2.13. The molecule has 2 aromatic rings. The van der Waals surface area contributed by atoms with E-state index in [9.17, 15) is 13.2 Å². The Bertz CT molecular complexity index is 882. The van der Waals surface area contributed by atoms with Crippen molar-refractivity contribution in [3.05, 3.63) is 18.2 Å². The number of hydrogen-bond donors (Lipinski definition) is 2. The van der Waals surface area contributed by atoms with Crippen LogP contribution in [0.25, 0.3) is 11.0 Å². The number of amides is 1. The summed E-state index contributed by atoms with van der Waals surface area (Å²) in [5.74, 6) is -0.310. The predicted molar refractivity (Wildman–Crippen MR) is 91.2 cm³/mol. The molecule has 1 fully saturated rings. The van der Waals surface area contributed by atoms with E-state index in [0.29, 0.717) is 29.7 Å². The molecule has 0 saturated carbocycles. The summed E-state index contributed by atoms with van der Waals surface area (Å²) in [7, 11) is -3.62. The van der Waals surface area contributed by atoms with Crippen LogP contribution in [0, 0.1) is 0 Å². The average Bonchev–Trinajstić information content (AvgIpc) is 3.13. The summed E-state index contributed by atoms with van der Waals surface area (Å²) in [5.41, 5.74) is 7.11. The maximum absolute atomic E-state index is 12.4. The fraction of sp³-hybridized carbons (Fsp3) is 0.467. The second kappa shape index (κ2) is 6.06. The van der Waals surface area contributed by atoms with Gasteiger partial charge in [0, 0.05) is 12.3 Å². The van der Waals surface area contributed by atoms with Crippen molar-refractivity contribution in [2.75, 3.05) is 17.7 Å². The first-order valence-corrected chi connectivity index (χ1v) is 9.26. The van der Waals surface area contributed by atoms with E-state index in [1.807, 2.05) is 0 Å². The summed E-state index contributed by atoms with van der Waals surface area (Å²) < 4.78 is 31.2. The Morgan fingerprint density at radius 2 is 2.21 bits per heavy atom. The zero-order valence-electron chi connectivity index (χ0n) is 13.5. The third-order valence-electron chi connectivity index (χ3n) is 3.98. The normalized spacial score (nSPS) is 18.4. The van der Waals surface area contributed by atoms with E-state index in [-0.39, 0.29) is 11.9 Å². The topological polar surface area (TPSA) is 116 Å². The third-order valence-corrected chi connectivity index (χ3v) is 6.06. The molecule has 8 nitrogen and oxygen atoms in total. The van der Waals surface area contributed by atoms with E-state index in [4.69, 9.17) is 10.5 Å². The minimum absolute atomic E-state index is 0.0960. The quantitative estimate of drug-likeness (QED) is 0.857. The van der Waals surface area contributed by atoms with Crippen molar-refractivity contribution in [3.63, 3.8) is 0 Å². The number of carbonyl (C=O) groups is 1. The van der Waals surface area contributed by atoms with E-state index >= 15 is 0 Å². The van der Waals surface area contributed by atoms with Gasteiger partial charge in [-0.1, -0.05) is 0 Å². The first-order valence-electron chi connectivity index (χ1n) is 7.75. The summed E-state index contributed by atoms with van der Waals surface area (Å²) in [4.78, 5) is 16.2. The molecule has 130 valence electrons. The molecule has 1 aliphatic heterocycles. The standard InChI is InChI=1S/C15H20N4O4S/c1-9(2)24(21,22)19-12-6-5-10(8-11(12)18-15(19)16)17-14(20)13-4-3-7-23-13/h5-6,8-9,13H,3-4,7H2,1-2H3,(H2,16,18)(H,17,20). The monoisotopic (exact) mass is 352 g/mol. The average molecular weight is 352 g/mol. The molecule has 0 spiro atoms. The predicted octanol–water partition coefficient (Wildman–Crippen LogP) is 1.32. The van der Waals surface area contributed by atoms with Crippen LogP contribution in [0.5, 0.6) is 0 Å². The first kappa shape index (κ1) is 16.7. The summed E-state index contributed by atoms with van der Waals surface area (Å²) >= 11 is 0. The number of rotatable bonds is 4. The molecular formula is C15H20N4O4S. The van der Waals surface area contributed by atoms with Crippen molar-refractivity contribution in [1.29, 1.82) is 0 Å². The SMILES string of the molecule is CC(C)S(=O)(=O)n1c(N)nc2cc(NC(=O)C3CCCO3)ccc21. The van der Waals surface area contributed by atoms with Crippen LogP contribution in [-0.4, -0.2) is 41.2 Å². The fourth-order valence-corrected chi connectivity index (χ4v) is 3.79. The highest BCUT2D eigenvalue weighted by Gasteiger charge is 2.26. The number of carbonyl (C=O) groups excluding carboxylic acids is 1. The van der Waals surface area contributed by atoms with Gasteiger partial charge in [0.2, 0.25) is 16.0 Å². The molecule has 0 bridgehead atoms. The Kier molecular flexibility index (Phi) is 4.22. The lowest BCUT2D eigenvalue weighted by Gasteiger charge is -2.12. The largest absolute Gasteiger partial charge is 0.368 e. The molecule has 3 N–H and O–H groups in total. The van der Waals surface area contributed by atoms with Crippen molar-refractivity contribution >= 4 is 38.6 Å². The van der Waals surface area contributed by atoms with Gasteiger partial charge in [0.15, 0.2) is 0 Å². The van der Waals surface area contributed by atoms with Gasteiger partial charge in [0.05, 0.1) is 16.3 Å². The number of nitrogens with two attached hydrogens (primary N) is 1. The highest BCUT2D eigenvalue weighted by Crippen LogP contribution is 2.25. The van der Waals surface area contributed by atoms with Crippen LogP contribution in [0.4, 0.5) is 11.6 Å². The molecule has 1 aliphatic rings. The van der Waals surface area contributed by atoms with Gasteiger partial charge < -0.3 is 15.8 Å². The molecule has 1 atom stereocenters. The third kappa shape index (κ3) is 2.84. The minimum atomic E-state index is -3.62. The number of nitrogens with zero attached hydrogens (tertiary/aromatic N) is 2. The second-order valence-corrected chi connectivity index (χ2v) is 8.36. The van der Waals surface area contributed by atoms with Gasteiger partial charge in [-0.05, 0) is 44.9 Å². The molecule has 1 unspecified atom stereocenters. The van der Waals surface area contributed by atoms with E-state index < -0.39 is 21.4 Å². The molecule has 1 amide bonds. The van der Waals surface area contributed by atoms with Gasteiger partial charge in [-0.25, -0.2) is 17.4 Å². The van der Waals surface area contributed by atoms with Crippen LogP contribution in [0.15, 0.2) is 18.2 Å². The van der Waals surface area contributed by atoms with Crippen molar-refractivity contribution in [1.82, 2.24) is 8.96 Å². The van der Waals surface area contributed by atoms with E-state index in [2.05, 4.69) is 10.3 Å². The maximum atomic E-state index is 12.4. The number of nitrogen functional groups attached to an aromatic ring is 1. The first-order chi connectivity index (χ1) is 11.3. The number of nitrogens with one attached hydrogen (secondary N) is 1. The number of aromatic nitrogens is 2. The van der Waals surface area contributed by atoms with Crippen molar-refractivity contribution in [2.24, 2.45) is 0 Å². The number of fused-ring (bicyclic) bond motifs is 1. The number of anilines is 2. The van der Waals surface area contributed by atoms with Crippen LogP contribution in [0.1, 0.15) is 26.7 Å². The van der Waals surface area contributed by atoms with Gasteiger partial charge >= 0.3 is 0 Å². The van der Waals surface area contributed by atoms with Crippen LogP contribution < -0.4 is 11.1 Å². The summed E-state index contributed by atoms with van der Waals surface area (Å²) in [5, 5.41) is 2.13. The lowest BCUT2D eigenvalue weighted by molar-refractivity contribution is -0.124. The summed E-state index contributed by atoms with van der Waals surface area (Å²) in [6, 6.07) is 4.82. The van der Waals surface area contributed by atoms with Crippen LogP contribution in [-0.2, 0) is 19.6 Å². The van der Waals surface area contributed by atoms with E-state index in [0.717, 1.165) is 10.4 Å². The van der Waals surface area contributed by atoms with Gasteiger partial charge in [0.25, 0.3) is 5.91 Å². The zero-order chi connectivity index (χ0) is 17.5. The van der Waals surface area contributed by atoms with Gasteiger partial charge in [-0.3, -0.25) is 4.79 Å². The summed E-state index contributed by atoms with van der Waals surface area (Å²) in [6.45, 7) is 3.75. The Balaban J connectivity index is 1.94. The lowest BCUT2D eigenvalue weighted by Crippen LogP contribution is -2.26. The van der Waals surface area contributed by atoms with Gasteiger partial charge in [-0.2, -0.15) is 0 Å². The molecule has 24 heavy (non-hydrogen) atoms. The van der Waals surface area contributed by atoms with Crippen LogP contribution in [0.2, 0.25) is 0 Å². The Morgan fingerprint density at radius 3 is 2.83 bits per heavy atom. The van der Waals surface area contributed by atoms with Crippen molar-refractivity contribution in [3.8, 4) is 0 Å². The minimum Gasteiger partial charge on any atom is -0.368 e. The molecule has 1 aromatic heterocycles. The highest BCUT2D eigenvalue weighted by molar-refractivity contribution is 7.90. The highest BCUT2D eigenvalue weighted by atomic mass is 32.2. The van der Waals surface area contributed by atoms with Crippen molar-refractivity contribution in [2.45, 2.75) is 38.0 Å². The molecule has 3 rings (SSSR count). The lowest BCUT2D eigenvalue weighted by atomic mass is 10.2. The van der Waals surface area contributed by atoms with Crippen molar-refractivity contribution < 1.29 is 17.9 Å². The number of ether oxygens (including phenoxy) is 1. The molecule has 2 heterocycles. The number of benzene rings is 1. The maximum Gasteiger partial charge on any atom is 0.253 e. The van der Waals surface area contributed by atoms with E-state index in [1.165, 1.54) is 0 Å². The van der Waals surface area contributed by atoms with E-state index in [1.54, 1.807) is 32.0 Å². The molecule has 0 radical (unpaired) electrons. The smallest absolute Gasteiger partial charge is 0.253 e. The number of hydrogen-bond acceptors (Lipinski definition) is 6. The number of imidazole rings is 1. The molecule has 9 heteroatoms. The second-order valence-electron chi connectivity index (χ2n) is 6.02. The van der Waals surface area contributed by atoms with Crippen LogP contribution in [0.3, 0.4) is 0 Å². The Labute approximate surface area is 140 Å². The molecular weight excluding hydrogens is 332 g/mol. The van der Waals surface area contributed by atoms with Gasteiger partial charge in [-0.15, -0.1) is 0 Å². The molecule has 1 aromatic carbocycles. The fourth-order valence-electron chi connectivity index (χ4n) is 2.64. The van der Waals surface area contributed by atoms with Gasteiger partial charge in [0.1, 0.15) is 6.10 Å². The molecule has 1 saturated heterocycles. The Morgan fingerprint density at radius 1 is 1.46 bits per heavy atom. The zero-order valence-corrected chi connectivity index (χ0v) is 14.3. The molecule has 0 aliphatic carbocycles. The van der Waals surface area contributed by atoms with Crippen LogP contribution >= 0.6 is 0 Å².